The maximum Gasteiger partial charge on any atom is 0.352 e. The monoisotopic (exact) mass is 882 g/mol. The van der Waals surface area contributed by atoms with Crippen molar-refractivity contribution < 1.29 is 14.4 Å². The standard InChI is InChI=1S/C50H62N10O5/c51-47(52)54-30-17-26-42(46(63)53-29-15-16-31-58-48(64)59(40-22-9-3-10-23-40)60(49(58)65)41-24-11-4-12-25-41)55-43(61)36-50(27-13-14-28-50)37-44(62)56-32-34-57(35-33-56)45(38-18-5-1-6-19-38)39-20-7-2-8-21-39/h1-12,18-25,42,45H,13-17,26-37H2,(H,53,63)(H,55,61)(H4,51,52,54). The summed E-state index contributed by atoms with van der Waals surface area (Å²) in [4.78, 5) is 77.4. The van der Waals surface area contributed by atoms with Gasteiger partial charge in [-0.25, -0.2) is 14.2 Å². The fourth-order valence-electron chi connectivity index (χ4n) is 9.44. The molecule has 65 heavy (non-hydrogen) atoms. The lowest BCUT2D eigenvalue weighted by atomic mass is 9.78. The SMILES string of the molecule is NC(N)=NCCCC(NC(=O)CC1(CC(=O)N2CCN(C(c3ccccc3)c3ccccc3)CC2)CCCC1)C(=O)NCCCCn1c(=O)n(-c2ccccc2)n(-c2ccccc2)c1=O. The van der Waals surface area contributed by atoms with Gasteiger partial charge in [0.1, 0.15) is 6.04 Å². The predicted octanol–water partition coefficient (Wildman–Crippen LogP) is 4.50. The van der Waals surface area contributed by atoms with Crippen LogP contribution in [0.3, 0.4) is 0 Å². The van der Waals surface area contributed by atoms with Gasteiger partial charge in [0.05, 0.1) is 17.4 Å². The van der Waals surface area contributed by atoms with Crippen molar-refractivity contribution in [3.8, 4) is 11.4 Å². The van der Waals surface area contributed by atoms with Crippen LogP contribution in [0.1, 0.15) is 81.4 Å². The Bertz CT molecular complexity index is 2360. The molecule has 7 rings (SSSR count). The van der Waals surface area contributed by atoms with Gasteiger partial charge in [0.2, 0.25) is 17.7 Å². The van der Waals surface area contributed by atoms with Crippen LogP contribution in [0.2, 0.25) is 0 Å². The normalized spacial score (nSPS) is 15.4. The van der Waals surface area contributed by atoms with Crippen molar-refractivity contribution in [1.82, 2.24) is 34.4 Å². The van der Waals surface area contributed by atoms with Crippen molar-refractivity contribution in [3.05, 3.63) is 153 Å². The van der Waals surface area contributed by atoms with Crippen LogP contribution in [-0.4, -0.2) is 92.7 Å². The second-order valence-electron chi connectivity index (χ2n) is 17.3. The molecule has 0 radical (unpaired) electrons. The van der Waals surface area contributed by atoms with Gasteiger partial charge >= 0.3 is 11.4 Å². The van der Waals surface area contributed by atoms with E-state index in [1.165, 1.54) is 25.1 Å². The van der Waals surface area contributed by atoms with Crippen LogP contribution in [0.4, 0.5) is 0 Å². The number of guanidine groups is 1. The molecule has 1 aliphatic carbocycles. The van der Waals surface area contributed by atoms with Crippen LogP contribution < -0.4 is 33.5 Å². The molecular weight excluding hydrogens is 821 g/mol. The van der Waals surface area contributed by atoms with Gasteiger partial charge in [-0.05, 0) is 79.3 Å². The lowest BCUT2D eigenvalue weighted by Crippen LogP contribution is -2.51. The number of nitrogens with two attached hydrogens (primary N) is 2. The minimum absolute atomic E-state index is 0.0507. The molecule has 0 bridgehead atoms. The van der Waals surface area contributed by atoms with E-state index in [2.05, 4.69) is 69.1 Å². The molecule has 2 fully saturated rings. The number of benzene rings is 4. The summed E-state index contributed by atoms with van der Waals surface area (Å²) >= 11 is 0. The Hall–Kier alpha value is -6.74. The van der Waals surface area contributed by atoms with E-state index >= 15 is 0 Å². The molecule has 1 aromatic heterocycles. The zero-order valence-corrected chi connectivity index (χ0v) is 37.1. The zero-order chi connectivity index (χ0) is 45.6. The first-order chi connectivity index (χ1) is 31.6. The Balaban J connectivity index is 0.941. The third-order valence-electron chi connectivity index (χ3n) is 12.7. The summed E-state index contributed by atoms with van der Waals surface area (Å²) in [5, 5.41) is 5.95. The first-order valence-electron chi connectivity index (χ1n) is 22.9. The highest BCUT2D eigenvalue weighted by atomic mass is 16.2. The van der Waals surface area contributed by atoms with Gasteiger partial charge in [-0.1, -0.05) is 110 Å². The molecule has 4 aromatic carbocycles. The van der Waals surface area contributed by atoms with Crippen LogP contribution in [-0.2, 0) is 20.9 Å². The Labute approximate surface area is 380 Å². The second-order valence-corrected chi connectivity index (χ2v) is 17.3. The van der Waals surface area contributed by atoms with E-state index in [1.807, 2.05) is 53.4 Å². The quantitative estimate of drug-likeness (QED) is 0.0499. The number of hydrogen-bond donors (Lipinski definition) is 4. The van der Waals surface area contributed by atoms with E-state index in [1.54, 1.807) is 24.3 Å². The number of nitrogens with one attached hydrogen (secondary N) is 2. The van der Waals surface area contributed by atoms with E-state index in [-0.39, 0.29) is 55.7 Å². The third kappa shape index (κ3) is 11.9. The Morgan fingerprint density at radius 1 is 0.662 bits per heavy atom. The molecule has 0 spiro atoms. The summed E-state index contributed by atoms with van der Waals surface area (Å²) in [5.41, 5.74) is 13.3. The summed E-state index contributed by atoms with van der Waals surface area (Å²) in [5.74, 6) is -0.595. The molecule has 1 unspecified atom stereocenters. The summed E-state index contributed by atoms with van der Waals surface area (Å²) < 4.78 is 3.96. The minimum atomic E-state index is -0.846. The number of piperazine rings is 1. The number of hydrogen-bond acceptors (Lipinski definition) is 7. The van der Waals surface area contributed by atoms with E-state index in [0.717, 1.165) is 38.8 Å². The molecule has 1 saturated heterocycles. The number of carbonyl (C=O) groups excluding carboxylic acids is 3. The fraction of sp³-hybridized carbons (Fsp3) is 0.400. The molecular formula is C50H62N10O5. The molecule has 2 heterocycles. The minimum Gasteiger partial charge on any atom is -0.370 e. The van der Waals surface area contributed by atoms with Crippen molar-refractivity contribution in [1.29, 1.82) is 0 Å². The Morgan fingerprint density at radius 2 is 1.18 bits per heavy atom. The number of rotatable bonds is 20. The van der Waals surface area contributed by atoms with Crippen LogP contribution in [0.25, 0.3) is 11.4 Å². The van der Waals surface area contributed by atoms with Gasteiger partial charge in [-0.2, -0.15) is 9.36 Å². The Kier molecular flexibility index (Phi) is 15.8. The number of amides is 3. The lowest BCUT2D eigenvalue weighted by Gasteiger charge is -2.41. The summed E-state index contributed by atoms with van der Waals surface area (Å²) in [6.07, 6.45) is 5.54. The first-order valence-corrected chi connectivity index (χ1v) is 22.9. The van der Waals surface area contributed by atoms with Crippen molar-refractivity contribution in [3.63, 3.8) is 0 Å². The Morgan fingerprint density at radius 3 is 1.71 bits per heavy atom. The molecule has 5 aromatic rings. The smallest absolute Gasteiger partial charge is 0.352 e. The van der Waals surface area contributed by atoms with Crippen molar-refractivity contribution in [2.75, 3.05) is 39.3 Å². The molecule has 1 aliphatic heterocycles. The van der Waals surface area contributed by atoms with Gasteiger partial charge in [-0.15, -0.1) is 0 Å². The van der Waals surface area contributed by atoms with Crippen LogP contribution in [0, 0.1) is 5.41 Å². The molecule has 2 aliphatic rings. The zero-order valence-electron chi connectivity index (χ0n) is 37.1. The molecule has 6 N–H and O–H groups in total. The predicted molar refractivity (Wildman–Crippen MR) is 253 cm³/mol. The van der Waals surface area contributed by atoms with Gasteiger partial charge in [0.25, 0.3) is 0 Å². The lowest BCUT2D eigenvalue weighted by molar-refractivity contribution is -0.137. The number of carbonyl (C=O) groups is 3. The van der Waals surface area contributed by atoms with Crippen LogP contribution in [0.5, 0.6) is 0 Å². The summed E-state index contributed by atoms with van der Waals surface area (Å²) in [6.45, 7) is 3.40. The van der Waals surface area contributed by atoms with E-state index in [9.17, 15) is 24.0 Å². The maximum absolute atomic E-state index is 14.0. The third-order valence-corrected chi connectivity index (χ3v) is 12.7. The highest BCUT2D eigenvalue weighted by Crippen LogP contribution is 2.44. The second kappa shape index (κ2) is 22.2. The number of aromatic nitrogens is 3. The van der Waals surface area contributed by atoms with Gasteiger partial charge in [0.15, 0.2) is 5.96 Å². The molecule has 15 nitrogen and oxygen atoms in total. The van der Waals surface area contributed by atoms with Crippen molar-refractivity contribution in [2.45, 2.75) is 82.8 Å². The number of para-hydroxylation sites is 2. The van der Waals surface area contributed by atoms with E-state index in [0.29, 0.717) is 56.7 Å². The molecule has 342 valence electrons. The number of unbranched alkanes of at least 4 members (excludes halogenated alkanes) is 1. The molecule has 1 saturated carbocycles. The van der Waals surface area contributed by atoms with E-state index < -0.39 is 22.8 Å². The van der Waals surface area contributed by atoms with Crippen LogP contribution in [0.15, 0.2) is 136 Å². The fourth-order valence-corrected chi connectivity index (χ4v) is 9.44. The highest BCUT2D eigenvalue weighted by Gasteiger charge is 2.40. The summed E-state index contributed by atoms with van der Waals surface area (Å²) in [6, 6.07) is 38.2. The molecule has 3 amide bonds. The average Bonchev–Trinajstić information content (AvgIpc) is 3.88. The van der Waals surface area contributed by atoms with Gasteiger partial charge in [-0.3, -0.25) is 24.3 Å². The number of nitrogens with zero attached hydrogens (tertiary/aromatic N) is 6. The van der Waals surface area contributed by atoms with Crippen LogP contribution >= 0.6 is 0 Å². The topological polar surface area (TPSA) is 195 Å². The maximum atomic E-state index is 14.0. The average molecular weight is 883 g/mol. The molecule has 1 atom stereocenters. The van der Waals surface area contributed by atoms with Gasteiger partial charge in [0, 0.05) is 58.7 Å². The van der Waals surface area contributed by atoms with Gasteiger partial charge < -0.3 is 27.0 Å². The summed E-state index contributed by atoms with van der Waals surface area (Å²) in [7, 11) is 0. The van der Waals surface area contributed by atoms with Crippen molar-refractivity contribution in [2.24, 2.45) is 21.9 Å². The first kappa shape index (κ1) is 46.3. The number of aliphatic imine (C=N–C) groups is 1. The van der Waals surface area contributed by atoms with E-state index in [4.69, 9.17) is 11.5 Å². The largest absolute Gasteiger partial charge is 0.370 e. The molecule has 15 heteroatoms. The highest BCUT2D eigenvalue weighted by molar-refractivity contribution is 5.88. The van der Waals surface area contributed by atoms with Crippen molar-refractivity contribution >= 4 is 23.7 Å².